The first kappa shape index (κ1) is 18.1. The Balaban J connectivity index is 1.96. The number of halogens is 2. The number of allylic oxidation sites excluding steroid dienone is 1. The lowest BCUT2D eigenvalue weighted by atomic mass is 10.1. The van der Waals surface area contributed by atoms with Crippen molar-refractivity contribution in [2.45, 2.75) is 6.61 Å². The van der Waals surface area contributed by atoms with E-state index >= 15 is 0 Å². The second-order valence-electron chi connectivity index (χ2n) is 4.85. The van der Waals surface area contributed by atoms with Crippen molar-refractivity contribution in [3.63, 3.8) is 0 Å². The van der Waals surface area contributed by atoms with Crippen LogP contribution in [0.4, 0.5) is 8.78 Å². The molecule has 0 atom stereocenters. The molecule has 0 saturated carbocycles. The molecule has 1 N–H and O–H groups in total. The molecule has 2 aromatic carbocycles. The van der Waals surface area contributed by atoms with Crippen LogP contribution in [0.1, 0.15) is 15.9 Å². The minimum absolute atomic E-state index is 0.0209. The van der Waals surface area contributed by atoms with Crippen LogP contribution in [0, 0.1) is 0 Å². The van der Waals surface area contributed by atoms with Gasteiger partial charge in [-0.1, -0.05) is 18.2 Å². The highest BCUT2D eigenvalue weighted by atomic mass is 19.3. The van der Waals surface area contributed by atoms with Gasteiger partial charge < -0.3 is 14.6 Å². The molecule has 0 unspecified atom stereocenters. The van der Waals surface area contributed by atoms with Crippen LogP contribution >= 0.6 is 0 Å². The fourth-order valence-electron chi connectivity index (χ4n) is 1.89. The number of hydrogen-bond acceptors (Lipinski definition) is 4. The molecule has 0 aliphatic rings. The van der Waals surface area contributed by atoms with Gasteiger partial charge in [-0.2, -0.15) is 8.78 Å². The van der Waals surface area contributed by atoms with E-state index in [0.29, 0.717) is 16.9 Å². The largest absolute Gasteiger partial charge is 0.482 e. The van der Waals surface area contributed by atoms with Crippen molar-refractivity contribution in [2.75, 3.05) is 6.61 Å². The lowest BCUT2D eigenvalue weighted by Crippen LogP contribution is -2.09. The molecule has 0 heterocycles. The number of carbonyl (C=O) groups excluding carboxylic acids is 1. The monoisotopic (exact) mass is 348 g/mol. The molecule has 0 bridgehead atoms. The van der Waals surface area contributed by atoms with Gasteiger partial charge in [0, 0.05) is 5.56 Å². The molecule has 0 radical (unpaired) electrons. The van der Waals surface area contributed by atoms with Crippen molar-refractivity contribution in [2.24, 2.45) is 0 Å². The Hall–Kier alpha value is -3.22. The van der Waals surface area contributed by atoms with E-state index < -0.39 is 19.2 Å². The summed E-state index contributed by atoms with van der Waals surface area (Å²) >= 11 is 0. The van der Waals surface area contributed by atoms with Crippen molar-refractivity contribution in [1.82, 2.24) is 0 Å². The zero-order valence-corrected chi connectivity index (χ0v) is 12.9. The summed E-state index contributed by atoms with van der Waals surface area (Å²) in [5.74, 6) is -0.984. The number of aliphatic carboxylic acids is 1. The zero-order chi connectivity index (χ0) is 18.2. The average Bonchev–Trinajstić information content (AvgIpc) is 2.59. The molecule has 0 saturated heterocycles. The third-order valence-electron chi connectivity index (χ3n) is 3.03. The summed E-state index contributed by atoms with van der Waals surface area (Å²) in [4.78, 5) is 22.4. The number of carboxylic acids is 1. The molecule has 5 nitrogen and oxygen atoms in total. The van der Waals surface area contributed by atoms with Crippen molar-refractivity contribution in [1.29, 1.82) is 0 Å². The highest BCUT2D eigenvalue weighted by Gasteiger charge is 2.06. The van der Waals surface area contributed by atoms with Crippen LogP contribution in [0.5, 0.6) is 11.5 Å². The Morgan fingerprint density at radius 2 is 1.60 bits per heavy atom. The average molecular weight is 348 g/mol. The number of alkyl halides is 2. The summed E-state index contributed by atoms with van der Waals surface area (Å²) in [5.41, 5.74) is 1.05. The van der Waals surface area contributed by atoms with Gasteiger partial charge >= 0.3 is 12.6 Å². The SMILES string of the molecule is O=C(O)COc1ccc(C=CC(=O)c2ccc(OC(F)F)cc2)cc1. The summed E-state index contributed by atoms with van der Waals surface area (Å²) in [6.07, 6.45) is 2.92. The van der Waals surface area contributed by atoms with Gasteiger partial charge in [-0.05, 0) is 48.0 Å². The van der Waals surface area contributed by atoms with Crippen LogP contribution in [0.25, 0.3) is 6.08 Å². The maximum absolute atomic E-state index is 12.1. The predicted molar refractivity (Wildman–Crippen MR) is 86.0 cm³/mol. The second-order valence-corrected chi connectivity index (χ2v) is 4.85. The first-order valence-corrected chi connectivity index (χ1v) is 7.16. The summed E-state index contributed by atoms with van der Waals surface area (Å²) in [5, 5.41) is 8.52. The molecule has 0 spiro atoms. The lowest BCUT2D eigenvalue weighted by molar-refractivity contribution is -0.139. The predicted octanol–water partition coefficient (Wildman–Crippen LogP) is 3.65. The molecule has 0 amide bonds. The fraction of sp³-hybridized carbons (Fsp3) is 0.111. The number of ether oxygens (including phenoxy) is 2. The fourth-order valence-corrected chi connectivity index (χ4v) is 1.89. The van der Waals surface area contributed by atoms with Crippen molar-refractivity contribution < 1.29 is 33.0 Å². The number of hydrogen-bond donors (Lipinski definition) is 1. The maximum Gasteiger partial charge on any atom is 0.387 e. The zero-order valence-electron chi connectivity index (χ0n) is 12.9. The maximum atomic E-state index is 12.1. The van der Waals surface area contributed by atoms with E-state index in [0.717, 1.165) is 0 Å². The molecule has 2 rings (SSSR count). The van der Waals surface area contributed by atoms with E-state index in [1.165, 1.54) is 30.3 Å². The number of carbonyl (C=O) groups is 2. The molecular formula is C18H14F2O5. The van der Waals surface area contributed by atoms with Crippen LogP contribution in [0.3, 0.4) is 0 Å². The first-order chi connectivity index (χ1) is 11.9. The third-order valence-corrected chi connectivity index (χ3v) is 3.03. The van der Waals surface area contributed by atoms with Crippen LogP contribution < -0.4 is 9.47 Å². The topological polar surface area (TPSA) is 72.8 Å². The Labute approximate surface area is 142 Å². The molecule has 0 fully saturated rings. The van der Waals surface area contributed by atoms with Crippen LogP contribution in [0.2, 0.25) is 0 Å². The van der Waals surface area contributed by atoms with Crippen LogP contribution in [-0.2, 0) is 4.79 Å². The second kappa shape index (κ2) is 8.58. The normalized spacial score (nSPS) is 10.8. The van der Waals surface area contributed by atoms with E-state index in [2.05, 4.69) is 4.74 Å². The smallest absolute Gasteiger partial charge is 0.387 e. The standard InChI is InChI=1S/C18H14F2O5/c19-18(20)25-15-8-4-13(5-9-15)16(21)10-3-12-1-6-14(7-2-12)24-11-17(22)23/h1-10,18H,11H2,(H,22,23). The molecule has 0 aliphatic heterocycles. The van der Waals surface area contributed by atoms with Crippen LogP contribution in [-0.4, -0.2) is 30.1 Å². The quantitative estimate of drug-likeness (QED) is 0.582. The number of ketones is 1. The van der Waals surface area contributed by atoms with Gasteiger partial charge in [0.15, 0.2) is 12.4 Å². The Morgan fingerprint density at radius 1 is 1.00 bits per heavy atom. The van der Waals surface area contributed by atoms with Gasteiger partial charge in [0.05, 0.1) is 0 Å². The molecule has 0 aliphatic carbocycles. The Kier molecular flexibility index (Phi) is 6.22. The lowest BCUT2D eigenvalue weighted by Gasteiger charge is -2.04. The van der Waals surface area contributed by atoms with Crippen LogP contribution in [0.15, 0.2) is 54.6 Å². The van der Waals surface area contributed by atoms with Gasteiger partial charge in [0.25, 0.3) is 0 Å². The Morgan fingerprint density at radius 3 is 2.16 bits per heavy atom. The minimum atomic E-state index is -2.91. The summed E-state index contributed by atoms with van der Waals surface area (Å²) in [6, 6.07) is 11.9. The number of carboxylic acid groups (broad SMARTS) is 1. The van der Waals surface area contributed by atoms with Crippen molar-refractivity contribution in [3.8, 4) is 11.5 Å². The van der Waals surface area contributed by atoms with Gasteiger partial charge in [-0.25, -0.2) is 4.79 Å². The summed E-state index contributed by atoms with van der Waals surface area (Å²) in [6.45, 7) is -3.34. The van der Waals surface area contributed by atoms with E-state index in [1.807, 2.05) is 0 Å². The summed E-state index contributed by atoms with van der Waals surface area (Å²) < 4.78 is 33.3. The Bertz CT molecular complexity index is 752. The van der Waals surface area contributed by atoms with Gasteiger partial charge in [0.1, 0.15) is 11.5 Å². The third kappa shape index (κ3) is 6.06. The molecule has 0 aromatic heterocycles. The number of benzene rings is 2. The van der Waals surface area contributed by atoms with Gasteiger partial charge in [-0.3, -0.25) is 4.79 Å². The van der Waals surface area contributed by atoms with Crippen molar-refractivity contribution >= 4 is 17.8 Å². The molecule has 2 aromatic rings. The first-order valence-electron chi connectivity index (χ1n) is 7.16. The molecular weight excluding hydrogens is 334 g/mol. The highest BCUT2D eigenvalue weighted by molar-refractivity contribution is 6.06. The van der Waals surface area contributed by atoms with Gasteiger partial charge in [0.2, 0.25) is 0 Å². The van der Waals surface area contributed by atoms with E-state index in [-0.39, 0.29) is 11.5 Å². The minimum Gasteiger partial charge on any atom is -0.482 e. The van der Waals surface area contributed by atoms with Crippen molar-refractivity contribution in [3.05, 3.63) is 65.7 Å². The van der Waals surface area contributed by atoms with E-state index in [1.54, 1.807) is 30.3 Å². The van der Waals surface area contributed by atoms with Gasteiger partial charge in [-0.15, -0.1) is 0 Å². The molecule has 7 heteroatoms. The molecule has 25 heavy (non-hydrogen) atoms. The van der Waals surface area contributed by atoms with E-state index in [4.69, 9.17) is 9.84 Å². The van der Waals surface area contributed by atoms with E-state index in [9.17, 15) is 18.4 Å². The summed E-state index contributed by atoms with van der Waals surface area (Å²) in [7, 11) is 0. The highest BCUT2D eigenvalue weighted by Crippen LogP contribution is 2.16. The molecule has 130 valence electrons. The number of rotatable bonds is 8.